The topological polar surface area (TPSA) is 75.3 Å². The molecule has 1 saturated heterocycles. The van der Waals surface area contributed by atoms with E-state index in [0.29, 0.717) is 25.2 Å². The molecule has 5 nitrogen and oxygen atoms in total. The van der Waals surface area contributed by atoms with E-state index < -0.39 is 37.9 Å². The first kappa shape index (κ1) is 16.8. The number of carbonyl (C=O) groups is 1. The third-order valence-electron chi connectivity index (χ3n) is 3.78. The summed E-state index contributed by atoms with van der Waals surface area (Å²) in [4.78, 5) is 12.4. The molecule has 9 heteroatoms. The number of anilines is 1. The van der Waals surface area contributed by atoms with Crippen LogP contribution in [0, 0.1) is 17.5 Å². The number of sulfone groups is 1. The number of nitrogens with one attached hydrogen (secondary N) is 2. The fraction of sp³-hybridized carbons (Fsp3) is 0.462. The maximum Gasteiger partial charge on any atom is 0.245 e. The smallest absolute Gasteiger partial charge is 0.245 e. The highest BCUT2D eigenvalue weighted by atomic mass is 32.2. The first-order valence-corrected chi connectivity index (χ1v) is 8.43. The van der Waals surface area contributed by atoms with Crippen LogP contribution in [0.15, 0.2) is 12.1 Å². The average Bonchev–Trinajstić information content (AvgIpc) is 2.44. The van der Waals surface area contributed by atoms with E-state index in [1.54, 1.807) is 0 Å². The highest BCUT2D eigenvalue weighted by molar-refractivity contribution is 7.92. The van der Waals surface area contributed by atoms with E-state index >= 15 is 0 Å². The van der Waals surface area contributed by atoms with Crippen LogP contribution >= 0.6 is 0 Å². The Morgan fingerprint density at radius 2 is 1.68 bits per heavy atom. The van der Waals surface area contributed by atoms with Gasteiger partial charge in [-0.15, -0.1) is 0 Å². The van der Waals surface area contributed by atoms with Crippen molar-refractivity contribution in [3.8, 4) is 0 Å². The lowest BCUT2D eigenvalue weighted by Gasteiger charge is -2.34. The van der Waals surface area contributed by atoms with Crippen LogP contribution in [0.3, 0.4) is 0 Å². The van der Waals surface area contributed by atoms with Crippen molar-refractivity contribution in [1.29, 1.82) is 0 Å². The molecule has 1 aromatic carbocycles. The molecule has 2 N–H and O–H groups in total. The number of halogens is 3. The van der Waals surface area contributed by atoms with E-state index in [-0.39, 0.29) is 18.5 Å². The van der Waals surface area contributed by atoms with Gasteiger partial charge in [0, 0.05) is 24.1 Å². The quantitative estimate of drug-likeness (QED) is 0.814. The monoisotopic (exact) mass is 336 g/mol. The maximum absolute atomic E-state index is 13.2. The van der Waals surface area contributed by atoms with Gasteiger partial charge >= 0.3 is 0 Å². The normalized spacial score (nSPS) is 18.0. The van der Waals surface area contributed by atoms with Gasteiger partial charge < -0.3 is 10.6 Å². The molecule has 1 aliphatic rings. The largest absolute Gasteiger partial charge is 0.325 e. The van der Waals surface area contributed by atoms with Crippen LogP contribution in [0.1, 0.15) is 12.8 Å². The minimum absolute atomic E-state index is 0.0455. The zero-order chi connectivity index (χ0) is 16.5. The van der Waals surface area contributed by atoms with Crippen molar-refractivity contribution < 1.29 is 26.4 Å². The number of benzene rings is 1. The summed E-state index contributed by atoms with van der Waals surface area (Å²) >= 11 is 0. The Balaban J connectivity index is 2.34. The van der Waals surface area contributed by atoms with Crippen molar-refractivity contribution in [3.05, 3.63) is 29.6 Å². The van der Waals surface area contributed by atoms with Crippen LogP contribution in [0.4, 0.5) is 18.9 Å². The average molecular weight is 336 g/mol. The molecule has 1 aliphatic heterocycles. The molecule has 2 rings (SSSR count). The van der Waals surface area contributed by atoms with E-state index in [9.17, 15) is 26.4 Å². The van der Waals surface area contributed by atoms with Crippen molar-refractivity contribution in [3.63, 3.8) is 0 Å². The van der Waals surface area contributed by atoms with Crippen LogP contribution < -0.4 is 10.6 Å². The molecule has 1 fully saturated rings. The molecule has 0 unspecified atom stereocenters. The summed E-state index contributed by atoms with van der Waals surface area (Å²) in [5.41, 5.74) is -0.331. The van der Waals surface area contributed by atoms with Crippen molar-refractivity contribution in [1.82, 2.24) is 5.32 Å². The minimum Gasteiger partial charge on any atom is -0.325 e. The Labute approximate surface area is 125 Å². The number of amides is 1. The fourth-order valence-corrected chi connectivity index (χ4v) is 3.80. The second kappa shape index (κ2) is 5.88. The second-order valence-corrected chi connectivity index (χ2v) is 7.55. The van der Waals surface area contributed by atoms with Crippen molar-refractivity contribution in [2.75, 3.05) is 24.7 Å². The molecule has 0 aliphatic carbocycles. The number of carbonyl (C=O) groups excluding carboxylic acids is 1. The van der Waals surface area contributed by atoms with Crippen LogP contribution in [0.5, 0.6) is 0 Å². The van der Waals surface area contributed by atoms with Crippen molar-refractivity contribution >= 4 is 21.4 Å². The first-order chi connectivity index (χ1) is 10.2. The fourth-order valence-electron chi connectivity index (χ4n) is 2.47. The van der Waals surface area contributed by atoms with Gasteiger partial charge in [0.05, 0.1) is 0 Å². The van der Waals surface area contributed by atoms with E-state index in [1.807, 2.05) is 0 Å². The SMILES string of the molecule is CS(=O)(=O)C1(C(=O)Nc2cc(F)c(F)c(F)c2)CCNCC1. The lowest BCUT2D eigenvalue weighted by molar-refractivity contribution is -0.119. The van der Waals surface area contributed by atoms with Crippen LogP contribution in [0.2, 0.25) is 0 Å². The molecule has 22 heavy (non-hydrogen) atoms. The van der Waals surface area contributed by atoms with Gasteiger partial charge in [0.25, 0.3) is 0 Å². The summed E-state index contributed by atoms with van der Waals surface area (Å²) in [6.45, 7) is 0.652. The van der Waals surface area contributed by atoms with Crippen molar-refractivity contribution in [2.24, 2.45) is 0 Å². The van der Waals surface area contributed by atoms with E-state index in [2.05, 4.69) is 10.6 Å². The van der Waals surface area contributed by atoms with Gasteiger partial charge in [0.1, 0.15) is 0 Å². The van der Waals surface area contributed by atoms with Gasteiger partial charge in [-0.1, -0.05) is 0 Å². The summed E-state index contributed by atoms with van der Waals surface area (Å²) in [6.07, 6.45) is 1.04. The first-order valence-electron chi connectivity index (χ1n) is 6.54. The molecular formula is C13H15F3N2O3S. The third kappa shape index (κ3) is 2.95. The molecule has 0 radical (unpaired) electrons. The Bertz CT molecular complexity index is 677. The molecule has 1 amide bonds. The predicted octanol–water partition coefficient (Wildman–Crippen LogP) is 1.21. The molecule has 0 atom stereocenters. The predicted molar refractivity (Wildman–Crippen MR) is 74.6 cm³/mol. The Kier molecular flexibility index (Phi) is 4.48. The van der Waals surface area contributed by atoms with Crippen LogP contribution in [-0.2, 0) is 14.6 Å². The molecular weight excluding hydrogens is 321 g/mol. The number of hydrogen-bond acceptors (Lipinski definition) is 4. The molecule has 0 aromatic heterocycles. The molecule has 1 aromatic rings. The van der Waals surface area contributed by atoms with Gasteiger partial charge in [-0.3, -0.25) is 4.79 Å². The molecule has 1 heterocycles. The van der Waals surface area contributed by atoms with Gasteiger partial charge in [-0.2, -0.15) is 0 Å². The molecule has 0 saturated carbocycles. The summed E-state index contributed by atoms with van der Waals surface area (Å²) in [5, 5.41) is 5.12. The summed E-state index contributed by atoms with van der Waals surface area (Å²) in [7, 11) is -3.75. The minimum atomic E-state index is -3.75. The standard InChI is InChI=1S/C13H15F3N2O3S/c1-22(20,21)13(2-4-17-5-3-13)12(19)18-8-6-9(14)11(16)10(15)7-8/h6-7,17H,2-5H2,1H3,(H,18,19). The van der Waals surface area contributed by atoms with E-state index in [4.69, 9.17) is 0 Å². The Hall–Kier alpha value is -1.61. The summed E-state index contributed by atoms with van der Waals surface area (Å²) in [6, 6.07) is 1.21. The summed E-state index contributed by atoms with van der Waals surface area (Å²) in [5.74, 6) is -5.46. The lowest BCUT2D eigenvalue weighted by atomic mass is 9.95. The lowest BCUT2D eigenvalue weighted by Crippen LogP contribution is -2.55. The van der Waals surface area contributed by atoms with E-state index in [1.165, 1.54) is 0 Å². The number of hydrogen-bond donors (Lipinski definition) is 2. The molecule has 0 bridgehead atoms. The molecule has 122 valence electrons. The Morgan fingerprint density at radius 3 is 2.14 bits per heavy atom. The highest BCUT2D eigenvalue weighted by Gasteiger charge is 2.48. The third-order valence-corrected chi connectivity index (χ3v) is 5.79. The zero-order valence-electron chi connectivity index (χ0n) is 11.8. The van der Waals surface area contributed by atoms with Gasteiger partial charge in [-0.05, 0) is 25.9 Å². The second-order valence-electron chi connectivity index (χ2n) is 5.22. The van der Waals surface area contributed by atoms with Gasteiger partial charge in [0.2, 0.25) is 5.91 Å². The molecule has 0 spiro atoms. The zero-order valence-corrected chi connectivity index (χ0v) is 12.6. The van der Waals surface area contributed by atoms with Crippen LogP contribution in [0.25, 0.3) is 0 Å². The van der Waals surface area contributed by atoms with Gasteiger partial charge in [-0.25, -0.2) is 21.6 Å². The summed E-state index contributed by atoms with van der Waals surface area (Å²) < 4.78 is 61.6. The maximum atomic E-state index is 13.2. The number of piperidine rings is 1. The highest BCUT2D eigenvalue weighted by Crippen LogP contribution is 2.30. The van der Waals surface area contributed by atoms with Crippen LogP contribution in [-0.4, -0.2) is 38.4 Å². The Morgan fingerprint density at radius 1 is 1.18 bits per heavy atom. The van der Waals surface area contributed by atoms with Gasteiger partial charge in [0.15, 0.2) is 32.0 Å². The van der Waals surface area contributed by atoms with E-state index in [0.717, 1.165) is 6.26 Å². The number of rotatable bonds is 3. The van der Waals surface area contributed by atoms with Crippen molar-refractivity contribution in [2.45, 2.75) is 17.6 Å².